The molecule has 21 heavy (non-hydrogen) atoms. The van der Waals surface area contributed by atoms with E-state index >= 15 is 0 Å². The Morgan fingerprint density at radius 2 is 1.71 bits per heavy atom. The van der Waals surface area contributed by atoms with Gasteiger partial charge in [0.1, 0.15) is 5.60 Å². The number of esters is 1. The predicted molar refractivity (Wildman–Crippen MR) is 80.3 cm³/mol. The molecule has 2 heteroatoms. The van der Waals surface area contributed by atoms with Crippen LogP contribution in [0.15, 0.2) is 0 Å². The summed E-state index contributed by atoms with van der Waals surface area (Å²) in [7, 11) is 0. The van der Waals surface area contributed by atoms with E-state index in [9.17, 15) is 4.79 Å². The largest absolute Gasteiger partial charge is 0.459 e. The van der Waals surface area contributed by atoms with E-state index in [4.69, 9.17) is 4.74 Å². The molecule has 0 aromatic heterocycles. The van der Waals surface area contributed by atoms with Crippen LogP contribution in [0.1, 0.15) is 53.4 Å². The summed E-state index contributed by atoms with van der Waals surface area (Å²) in [4.78, 5) is 12.7. The van der Waals surface area contributed by atoms with E-state index in [0.717, 1.165) is 54.3 Å². The third-order valence-electron chi connectivity index (χ3n) is 8.58. The monoisotopic (exact) mass is 288 g/mol. The number of carbonyl (C=O) groups excluding carboxylic acids is 1. The molecule has 9 atom stereocenters. The van der Waals surface area contributed by atoms with Gasteiger partial charge in [-0.3, -0.25) is 4.79 Å². The second kappa shape index (κ2) is 3.51. The summed E-state index contributed by atoms with van der Waals surface area (Å²) in [5, 5.41) is 0. The molecule has 9 unspecified atom stereocenters. The molecule has 2 nitrogen and oxygen atoms in total. The van der Waals surface area contributed by atoms with E-state index in [1.807, 2.05) is 0 Å². The van der Waals surface area contributed by atoms with Gasteiger partial charge in [0.2, 0.25) is 0 Å². The van der Waals surface area contributed by atoms with E-state index in [1.54, 1.807) is 0 Å². The molecule has 1 aliphatic heterocycles. The lowest BCUT2D eigenvalue weighted by Crippen LogP contribution is -2.45. The summed E-state index contributed by atoms with van der Waals surface area (Å²) in [6, 6.07) is 0. The fourth-order valence-corrected chi connectivity index (χ4v) is 8.07. The molecule has 5 fully saturated rings. The maximum atomic E-state index is 12.7. The average molecular weight is 288 g/mol. The summed E-state index contributed by atoms with van der Waals surface area (Å²) < 4.78 is 5.78. The number of ether oxygens (including phenoxy) is 1. The van der Waals surface area contributed by atoms with Gasteiger partial charge in [-0.05, 0) is 80.5 Å². The van der Waals surface area contributed by atoms with Crippen molar-refractivity contribution in [3.05, 3.63) is 0 Å². The molecule has 1 heterocycles. The number of hydrogen-bond donors (Lipinski definition) is 0. The molecule has 4 bridgehead atoms. The highest BCUT2D eigenvalue weighted by atomic mass is 16.6. The van der Waals surface area contributed by atoms with Gasteiger partial charge in [-0.25, -0.2) is 0 Å². The molecule has 4 saturated carbocycles. The van der Waals surface area contributed by atoms with Gasteiger partial charge in [0.05, 0.1) is 5.41 Å². The Bertz CT molecular complexity index is 524. The summed E-state index contributed by atoms with van der Waals surface area (Å²) >= 11 is 0. The van der Waals surface area contributed by atoms with Crippen molar-refractivity contribution >= 4 is 5.97 Å². The van der Waals surface area contributed by atoms with E-state index in [1.165, 1.54) is 12.8 Å². The number of carbonyl (C=O) groups is 1. The van der Waals surface area contributed by atoms with E-state index in [2.05, 4.69) is 27.7 Å². The first-order chi connectivity index (χ1) is 9.84. The van der Waals surface area contributed by atoms with Crippen molar-refractivity contribution in [2.24, 2.45) is 52.8 Å². The Balaban J connectivity index is 1.54. The Hall–Kier alpha value is -0.530. The van der Waals surface area contributed by atoms with Crippen LogP contribution in [0.4, 0.5) is 0 Å². The Morgan fingerprint density at radius 3 is 2.33 bits per heavy atom. The van der Waals surface area contributed by atoms with Crippen LogP contribution in [0.3, 0.4) is 0 Å². The van der Waals surface area contributed by atoms with Gasteiger partial charge in [0.25, 0.3) is 0 Å². The summed E-state index contributed by atoms with van der Waals surface area (Å²) in [5.74, 6) is 7.08. The van der Waals surface area contributed by atoms with Gasteiger partial charge in [0.15, 0.2) is 0 Å². The van der Waals surface area contributed by atoms with E-state index in [-0.39, 0.29) is 17.0 Å². The SMILES string of the molecule is CC1C(C)C2CC1C1C3CC(C21)C1(C3)CC(C)(C)OC1=O. The van der Waals surface area contributed by atoms with Crippen LogP contribution in [-0.4, -0.2) is 11.6 Å². The standard InChI is InChI=1S/C19H28O2/c1-9-10(2)13-6-12(9)15-11-5-14(16(13)15)19(7-11)8-18(3,4)21-17(19)20/h9-16H,5-8H2,1-4H3. The van der Waals surface area contributed by atoms with Gasteiger partial charge in [-0.1, -0.05) is 13.8 Å². The first-order valence-corrected chi connectivity index (χ1v) is 9.07. The number of hydrogen-bond acceptors (Lipinski definition) is 2. The normalized spacial score (nSPS) is 62.6. The number of rotatable bonds is 0. The van der Waals surface area contributed by atoms with Crippen molar-refractivity contribution in [1.29, 1.82) is 0 Å². The first-order valence-electron chi connectivity index (χ1n) is 9.07. The summed E-state index contributed by atoms with van der Waals surface area (Å²) in [6.45, 7) is 9.17. The van der Waals surface area contributed by atoms with Crippen LogP contribution < -0.4 is 0 Å². The number of cyclic esters (lactones) is 1. The molecule has 4 aliphatic carbocycles. The maximum Gasteiger partial charge on any atom is 0.313 e. The molecule has 0 aromatic carbocycles. The highest BCUT2D eigenvalue weighted by molar-refractivity contribution is 5.81. The van der Waals surface area contributed by atoms with E-state index in [0.29, 0.717) is 5.92 Å². The molecule has 1 saturated heterocycles. The smallest absolute Gasteiger partial charge is 0.313 e. The molecular weight excluding hydrogens is 260 g/mol. The first kappa shape index (κ1) is 13.0. The third-order valence-corrected chi connectivity index (χ3v) is 8.58. The van der Waals surface area contributed by atoms with Crippen LogP contribution in [0.5, 0.6) is 0 Å². The Labute approximate surface area is 128 Å². The Kier molecular flexibility index (Phi) is 2.17. The lowest BCUT2D eigenvalue weighted by atomic mass is 9.56. The quantitative estimate of drug-likeness (QED) is 0.499. The zero-order valence-electron chi connectivity index (χ0n) is 13.8. The van der Waals surface area contributed by atoms with Crippen molar-refractivity contribution in [3.63, 3.8) is 0 Å². The Morgan fingerprint density at radius 1 is 1.05 bits per heavy atom. The minimum atomic E-state index is -0.229. The summed E-state index contributed by atoms with van der Waals surface area (Å²) in [5.41, 5.74) is -0.323. The molecular formula is C19H28O2. The minimum absolute atomic E-state index is 0.0945. The lowest BCUT2D eigenvalue weighted by Gasteiger charge is -2.46. The number of fused-ring (bicyclic) bond motifs is 10. The molecule has 116 valence electrons. The van der Waals surface area contributed by atoms with Gasteiger partial charge in [-0.2, -0.15) is 0 Å². The fraction of sp³-hybridized carbons (Fsp3) is 0.947. The van der Waals surface area contributed by atoms with Crippen molar-refractivity contribution in [1.82, 2.24) is 0 Å². The highest BCUT2D eigenvalue weighted by Crippen LogP contribution is 2.75. The minimum Gasteiger partial charge on any atom is -0.459 e. The van der Waals surface area contributed by atoms with Crippen LogP contribution in [0, 0.1) is 52.8 Å². The highest BCUT2D eigenvalue weighted by Gasteiger charge is 2.73. The average Bonchev–Trinajstić information content (AvgIpc) is 3.10. The molecule has 0 N–H and O–H groups in total. The third kappa shape index (κ3) is 1.31. The van der Waals surface area contributed by atoms with Crippen LogP contribution >= 0.6 is 0 Å². The van der Waals surface area contributed by atoms with E-state index < -0.39 is 0 Å². The van der Waals surface area contributed by atoms with Gasteiger partial charge >= 0.3 is 5.97 Å². The molecule has 0 aromatic rings. The van der Waals surface area contributed by atoms with Gasteiger partial charge in [0, 0.05) is 6.42 Å². The van der Waals surface area contributed by atoms with Gasteiger partial charge < -0.3 is 4.74 Å². The molecule has 0 amide bonds. The van der Waals surface area contributed by atoms with Gasteiger partial charge in [-0.15, -0.1) is 0 Å². The maximum absolute atomic E-state index is 12.7. The topological polar surface area (TPSA) is 26.3 Å². The zero-order chi connectivity index (χ0) is 14.7. The second-order valence-corrected chi connectivity index (χ2v) is 9.72. The molecule has 5 aliphatic rings. The van der Waals surface area contributed by atoms with Crippen molar-refractivity contribution < 1.29 is 9.53 Å². The van der Waals surface area contributed by atoms with Crippen LogP contribution in [0.25, 0.3) is 0 Å². The van der Waals surface area contributed by atoms with Crippen LogP contribution in [-0.2, 0) is 9.53 Å². The van der Waals surface area contributed by atoms with Crippen molar-refractivity contribution in [2.45, 2.75) is 59.0 Å². The summed E-state index contributed by atoms with van der Waals surface area (Å²) in [6.07, 6.45) is 4.90. The second-order valence-electron chi connectivity index (χ2n) is 9.72. The molecule has 0 radical (unpaired) electrons. The zero-order valence-corrected chi connectivity index (χ0v) is 13.8. The molecule has 1 spiro atoms. The fourth-order valence-electron chi connectivity index (χ4n) is 8.07. The van der Waals surface area contributed by atoms with Crippen LogP contribution in [0.2, 0.25) is 0 Å². The van der Waals surface area contributed by atoms with Crippen molar-refractivity contribution in [2.75, 3.05) is 0 Å². The molecule has 5 rings (SSSR count). The van der Waals surface area contributed by atoms with Crippen molar-refractivity contribution in [3.8, 4) is 0 Å². The lowest BCUT2D eigenvalue weighted by molar-refractivity contribution is -0.156. The predicted octanol–water partition coefficient (Wildman–Crippen LogP) is 3.89.